The second kappa shape index (κ2) is 22.4. The quantitative estimate of drug-likeness (QED) is 0.104. The van der Waals surface area contributed by atoms with Gasteiger partial charge >= 0.3 is 17.9 Å². The van der Waals surface area contributed by atoms with E-state index in [9.17, 15) is 34.8 Å². The highest BCUT2D eigenvalue weighted by molar-refractivity contribution is 5.90. The summed E-state index contributed by atoms with van der Waals surface area (Å²) in [6.07, 6.45) is 7.61. The Labute approximate surface area is 332 Å². The minimum absolute atomic E-state index is 0.143. The van der Waals surface area contributed by atoms with Gasteiger partial charge in [-0.2, -0.15) is 0 Å². The molecule has 14 atom stereocenters. The van der Waals surface area contributed by atoms with Crippen molar-refractivity contribution in [3.8, 4) is 0 Å². The molecule has 1 saturated heterocycles. The number of hydrogen-bond acceptors (Lipinski definition) is 12. The third-order valence-electron chi connectivity index (χ3n) is 11.2. The van der Waals surface area contributed by atoms with Crippen LogP contribution in [0.15, 0.2) is 71.6 Å². The van der Waals surface area contributed by atoms with Gasteiger partial charge in [-0.05, 0) is 45.6 Å². The highest BCUT2D eigenvalue weighted by Gasteiger charge is 2.52. The minimum Gasteiger partial charge on any atom is -0.490 e. The highest BCUT2D eigenvalue weighted by atomic mass is 16.6. The zero-order chi connectivity index (χ0) is 42.5. The molecule has 0 radical (unpaired) electrons. The predicted molar refractivity (Wildman–Crippen MR) is 211 cm³/mol. The third kappa shape index (κ3) is 13.2. The van der Waals surface area contributed by atoms with E-state index in [0.717, 1.165) is 11.6 Å². The van der Waals surface area contributed by atoms with Gasteiger partial charge in [0.15, 0.2) is 5.79 Å². The first kappa shape index (κ1) is 48.6. The van der Waals surface area contributed by atoms with Crippen molar-refractivity contribution in [2.24, 2.45) is 35.5 Å². The van der Waals surface area contributed by atoms with Gasteiger partial charge in [-0.25, -0.2) is 14.4 Å². The van der Waals surface area contributed by atoms with Crippen LogP contribution >= 0.6 is 0 Å². The van der Waals surface area contributed by atoms with E-state index in [1.165, 1.54) is 20.3 Å². The number of cyclic esters (lactones) is 1. The lowest BCUT2D eigenvalue weighted by Gasteiger charge is -2.48. The summed E-state index contributed by atoms with van der Waals surface area (Å²) in [5.41, 5.74) is 1.56. The van der Waals surface area contributed by atoms with Crippen LogP contribution in [0.25, 0.3) is 0 Å². The van der Waals surface area contributed by atoms with Gasteiger partial charge in [0.1, 0.15) is 18.3 Å². The zero-order valence-corrected chi connectivity index (χ0v) is 34.8. The Hall–Kier alpha value is -3.59. The van der Waals surface area contributed by atoms with Gasteiger partial charge in [0.25, 0.3) is 0 Å². The first-order valence-electron chi connectivity index (χ1n) is 19.5. The molecule has 13 heteroatoms. The van der Waals surface area contributed by atoms with Crippen molar-refractivity contribution in [1.29, 1.82) is 0 Å². The fraction of sp³-hybridized carbons (Fsp3) is 0.651. The number of carboxylic acid groups (broad SMARTS) is 1. The molecule has 56 heavy (non-hydrogen) atoms. The normalized spacial score (nSPS) is 34.6. The van der Waals surface area contributed by atoms with E-state index in [1.807, 2.05) is 33.8 Å². The van der Waals surface area contributed by atoms with Crippen LogP contribution in [0.2, 0.25) is 0 Å². The fourth-order valence-corrected chi connectivity index (χ4v) is 7.64. The molecule has 1 fully saturated rings. The molecule has 316 valence electrons. The standard InChI is InChI=1S/C43H66O13/c1-12-15-32-28(7)35(54-37(46)19-18-36(44)45)23-43(51,56-32)30(9)40(49)29(8)41-33(52-10)17-14-16-24(3)20-26(5)38(47)31(13-2)39(48)27(6)21-25(4)22-34(53-11)42(50)55-41/h12,14-19,21-22,26-33,35,38-41,47-49,51H,13,20,23H2,1-11H3,(H,44,45). The maximum atomic E-state index is 13.8. The van der Waals surface area contributed by atoms with Crippen molar-refractivity contribution in [3.63, 3.8) is 0 Å². The van der Waals surface area contributed by atoms with Crippen LogP contribution in [-0.4, -0.2) is 106 Å². The molecule has 0 amide bonds. The van der Waals surface area contributed by atoms with Crippen molar-refractivity contribution in [2.75, 3.05) is 14.2 Å². The van der Waals surface area contributed by atoms with Crippen LogP contribution in [0.1, 0.15) is 81.6 Å². The van der Waals surface area contributed by atoms with Crippen molar-refractivity contribution in [3.05, 3.63) is 71.6 Å². The van der Waals surface area contributed by atoms with Crippen LogP contribution in [0, 0.1) is 35.5 Å². The number of allylic oxidation sites excluding steroid dienone is 6. The summed E-state index contributed by atoms with van der Waals surface area (Å²) in [4.78, 5) is 37.3. The second-order valence-electron chi connectivity index (χ2n) is 15.5. The van der Waals surface area contributed by atoms with Crippen molar-refractivity contribution < 1.29 is 63.6 Å². The van der Waals surface area contributed by atoms with Gasteiger partial charge in [0.05, 0.1) is 31.5 Å². The number of aliphatic hydroxyl groups is 4. The molecule has 2 heterocycles. The summed E-state index contributed by atoms with van der Waals surface area (Å²) >= 11 is 0. The van der Waals surface area contributed by atoms with Crippen LogP contribution < -0.4 is 0 Å². The van der Waals surface area contributed by atoms with Crippen LogP contribution in [0.5, 0.6) is 0 Å². The van der Waals surface area contributed by atoms with Crippen LogP contribution in [0.3, 0.4) is 0 Å². The molecule has 0 aromatic rings. The van der Waals surface area contributed by atoms with Crippen molar-refractivity contribution >= 4 is 17.9 Å². The molecule has 2 rings (SSSR count). The van der Waals surface area contributed by atoms with Crippen LogP contribution in [0.4, 0.5) is 0 Å². The third-order valence-corrected chi connectivity index (χ3v) is 11.2. The summed E-state index contributed by atoms with van der Waals surface area (Å²) in [5.74, 6) is -8.60. The number of carboxylic acids is 1. The van der Waals surface area contributed by atoms with Gasteiger partial charge in [-0.1, -0.05) is 89.1 Å². The van der Waals surface area contributed by atoms with E-state index in [4.69, 9.17) is 28.8 Å². The maximum Gasteiger partial charge on any atom is 0.373 e. The van der Waals surface area contributed by atoms with Crippen molar-refractivity contribution in [1.82, 2.24) is 0 Å². The average Bonchev–Trinajstić information content (AvgIpc) is 3.14. The minimum atomic E-state index is -2.05. The van der Waals surface area contributed by atoms with Gasteiger partial charge in [0, 0.05) is 55.3 Å². The number of esters is 2. The smallest absolute Gasteiger partial charge is 0.373 e. The lowest BCUT2D eigenvalue weighted by Crippen LogP contribution is -2.58. The summed E-state index contributed by atoms with van der Waals surface area (Å²) in [6, 6.07) is 0. The summed E-state index contributed by atoms with van der Waals surface area (Å²) in [5, 5.41) is 55.6. The van der Waals surface area contributed by atoms with E-state index in [-0.39, 0.29) is 29.9 Å². The second-order valence-corrected chi connectivity index (χ2v) is 15.5. The van der Waals surface area contributed by atoms with E-state index >= 15 is 0 Å². The molecular weight excluding hydrogens is 724 g/mol. The Morgan fingerprint density at radius 2 is 1.75 bits per heavy atom. The molecule has 0 aromatic carbocycles. The molecule has 0 spiro atoms. The molecule has 0 aromatic heterocycles. The number of rotatable bonds is 11. The molecule has 0 saturated carbocycles. The van der Waals surface area contributed by atoms with Gasteiger partial charge < -0.3 is 49.2 Å². The number of aliphatic hydroxyl groups excluding tert-OH is 3. The van der Waals surface area contributed by atoms with E-state index in [2.05, 4.69) is 0 Å². The molecule has 5 N–H and O–H groups in total. The Kier molecular flexibility index (Phi) is 19.4. The SMILES string of the molecule is CC=CC1OC(O)(C(C)C(O)C(C)C2OC(=O)C(OC)=CC(C)=CC(C)C(O)C(CC)C(O)C(C)CC(C)=CC=CC2OC)CC(OC(=O)C=CC(=O)O)C1C. The Balaban J connectivity index is 2.61. The van der Waals surface area contributed by atoms with Crippen LogP contribution in [-0.2, 0) is 38.1 Å². The zero-order valence-electron chi connectivity index (χ0n) is 34.8. The number of carbonyl (C=O) groups is 3. The number of methoxy groups -OCH3 is 2. The first-order chi connectivity index (χ1) is 26.2. The van der Waals surface area contributed by atoms with Gasteiger partial charge in [-0.3, -0.25) is 0 Å². The molecular formula is C43H66O13. The molecule has 0 bridgehead atoms. The number of aliphatic carboxylic acids is 1. The summed E-state index contributed by atoms with van der Waals surface area (Å²) < 4.78 is 29.2. The molecule has 2 aliphatic heterocycles. The monoisotopic (exact) mass is 790 g/mol. The molecule has 13 nitrogen and oxygen atoms in total. The average molecular weight is 791 g/mol. The molecule has 0 aliphatic carbocycles. The van der Waals surface area contributed by atoms with Gasteiger partial charge in [0.2, 0.25) is 5.76 Å². The Morgan fingerprint density at radius 3 is 2.32 bits per heavy atom. The lowest BCUT2D eigenvalue weighted by atomic mass is 9.77. The summed E-state index contributed by atoms with van der Waals surface area (Å²) in [6.45, 7) is 16.2. The predicted octanol–water partition coefficient (Wildman–Crippen LogP) is 5.19. The van der Waals surface area contributed by atoms with Gasteiger partial charge in [-0.15, -0.1) is 0 Å². The van der Waals surface area contributed by atoms with Crippen molar-refractivity contribution in [2.45, 2.75) is 130 Å². The largest absolute Gasteiger partial charge is 0.490 e. The Morgan fingerprint density at radius 1 is 1.09 bits per heavy atom. The molecule has 14 unspecified atom stereocenters. The van der Waals surface area contributed by atoms with E-state index in [1.54, 1.807) is 65.0 Å². The van der Waals surface area contributed by atoms with E-state index < -0.39 is 84.2 Å². The number of ether oxygens (including phenoxy) is 5. The first-order valence-corrected chi connectivity index (χ1v) is 19.5. The fourth-order valence-electron chi connectivity index (χ4n) is 7.64. The summed E-state index contributed by atoms with van der Waals surface area (Å²) in [7, 11) is 2.76. The van der Waals surface area contributed by atoms with E-state index in [0.29, 0.717) is 24.5 Å². The topological polar surface area (TPSA) is 199 Å². The maximum absolute atomic E-state index is 13.8. The molecule has 2 aliphatic rings. The Bertz CT molecular complexity index is 1490. The highest BCUT2D eigenvalue weighted by Crippen LogP contribution is 2.41. The lowest BCUT2D eigenvalue weighted by molar-refractivity contribution is -0.314. The number of carbonyl (C=O) groups excluding carboxylic acids is 2. The number of hydrogen-bond donors (Lipinski definition) is 5.